The number of hydrogen-bond donors (Lipinski definition) is 1. The molecule has 2 heteroatoms. The van der Waals surface area contributed by atoms with Crippen LogP contribution in [0, 0.1) is 17.2 Å². The minimum atomic E-state index is 0.540. The summed E-state index contributed by atoms with van der Waals surface area (Å²) in [5.74, 6) is 2.30. The van der Waals surface area contributed by atoms with Gasteiger partial charge in [0.05, 0.1) is 5.84 Å². The third-order valence-corrected chi connectivity index (χ3v) is 3.29. The summed E-state index contributed by atoms with van der Waals surface area (Å²) in [4.78, 5) is 1.96. The zero-order valence-electron chi connectivity index (χ0n) is 9.14. The van der Waals surface area contributed by atoms with Crippen molar-refractivity contribution in [2.24, 2.45) is 11.8 Å². The molecule has 0 aromatic heterocycles. The minimum absolute atomic E-state index is 0.540. The zero-order chi connectivity index (χ0) is 9.84. The summed E-state index contributed by atoms with van der Waals surface area (Å²) in [6.07, 6.45) is 6.45. The van der Waals surface area contributed by atoms with E-state index in [-0.39, 0.29) is 0 Å². The summed E-state index contributed by atoms with van der Waals surface area (Å²) in [6, 6.07) is 0. The Hall–Kier alpha value is -0.530. The van der Waals surface area contributed by atoms with E-state index < -0.39 is 0 Å². The van der Waals surface area contributed by atoms with Gasteiger partial charge in [-0.2, -0.15) is 0 Å². The van der Waals surface area contributed by atoms with E-state index in [1.54, 1.807) is 0 Å². The van der Waals surface area contributed by atoms with Gasteiger partial charge in [-0.15, -0.1) is 0 Å². The standard InChI is InChI=1S/C11H22N2/c1-4-9-5-7-10(8-6-9)11(12)13(2)3/h9-10,12H,4-8H2,1-3H3. The molecule has 13 heavy (non-hydrogen) atoms. The second-order valence-electron chi connectivity index (χ2n) is 4.41. The number of amidine groups is 1. The van der Waals surface area contributed by atoms with Crippen molar-refractivity contribution in [3.63, 3.8) is 0 Å². The summed E-state index contributed by atoms with van der Waals surface area (Å²) >= 11 is 0. The molecule has 0 atom stereocenters. The van der Waals surface area contributed by atoms with Crippen molar-refractivity contribution < 1.29 is 0 Å². The molecule has 0 aromatic carbocycles. The van der Waals surface area contributed by atoms with Crippen molar-refractivity contribution in [2.75, 3.05) is 14.1 Å². The Morgan fingerprint density at radius 1 is 1.23 bits per heavy atom. The molecule has 0 heterocycles. The summed E-state index contributed by atoms with van der Waals surface area (Å²) in [6.45, 7) is 2.28. The Morgan fingerprint density at radius 3 is 2.15 bits per heavy atom. The summed E-state index contributed by atoms with van der Waals surface area (Å²) in [5.41, 5.74) is 0. The van der Waals surface area contributed by atoms with Crippen molar-refractivity contribution in [3.05, 3.63) is 0 Å². The van der Waals surface area contributed by atoms with Gasteiger partial charge in [-0.3, -0.25) is 5.41 Å². The highest BCUT2D eigenvalue weighted by Gasteiger charge is 2.23. The number of nitrogens with zero attached hydrogens (tertiary/aromatic N) is 1. The summed E-state index contributed by atoms with van der Waals surface area (Å²) < 4.78 is 0. The van der Waals surface area contributed by atoms with Gasteiger partial charge in [-0.1, -0.05) is 13.3 Å². The smallest absolute Gasteiger partial charge is 0.0984 e. The summed E-state index contributed by atoms with van der Waals surface area (Å²) in [5, 5.41) is 7.89. The van der Waals surface area contributed by atoms with E-state index >= 15 is 0 Å². The van der Waals surface area contributed by atoms with Gasteiger partial charge in [0, 0.05) is 20.0 Å². The van der Waals surface area contributed by atoms with Crippen LogP contribution in [0.5, 0.6) is 0 Å². The second-order valence-corrected chi connectivity index (χ2v) is 4.41. The Labute approximate surface area is 81.8 Å². The normalized spacial score (nSPS) is 28.5. The van der Waals surface area contributed by atoms with E-state index in [2.05, 4.69) is 6.92 Å². The first-order valence-electron chi connectivity index (χ1n) is 5.41. The molecular weight excluding hydrogens is 160 g/mol. The molecule has 0 unspecified atom stereocenters. The predicted molar refractivity (Wildman–Crippen MR) is 57.2 cm³/mol. The zero-order valence-corrected chi connectivity index (χ0v) is 9.14. The average Bonchev–Trinajstić information content (AvgIpc) is 2.17. The van der Waals surface area contributed by atoms with Crippen molar-refractivity contribution >= 4 is 5.84 Å². The van der Waals surface area contributed by atoms with Crippen LogP contribution in [0.15, 0.2) is 0 Å². The molecule has 76 valence electrons. The van der Waals surface area contributed by atoms with Gasteiger partial charge in [0.2, 0.25) is 0 Å². The first-order valence-corrected chi connectivity index (χ1v) is 5.41. The van der Waals surface area contributed by atoms with Crippen molar-refractivity contribution in [1.29, 1.82) is 5.41 Å². The molecule has 1 rings (SSSR count). The van der Waals surface area contributed by atoms with E-state index in [0.717, 1.165) is 11.8 Å². The van der Waals surface area contributed by atoms with Crippen LogP contribution >= 0.6 is 0 Å². The van der Waals surface area contributed by atoms with Crippen LogP contribution in [0.3, 0.4) is 0 Å². The van der Waals surface area contributed by atoms with Crippen LogP contribution in [-0.4, -0.2) is 24.8 Å². The molecule has 0 aliphatic heterocycles. The molecule has 0 bridgehead atoms. The van der Waals surface area contributed by atoms with Crippen LogP contribution in [0.2, 0.25) is 0 Å². The molecule has 0 saturated heterocycles. The molecule has 1 saturated carbocycles. The highest BCUT2D eigenvalue weighted by Crippen LogP contribution is 2.31. The van der Waals surface area contributed by atoms with E-state index in [9.17, 15) is 0 Å². The van der Waals surface area contributed by atoms with Gasteiger partial charge in [0.25, 0.3) is 0 Å². The Kier molecular flexibility index (Phi) is 3.76. The fraction of sp³-hybridized carbons (Fsp3) is 0.909. The lowest BCUT2D eigenvalue weighted by atomic mass is 9.80. The first kappa shape index (κ1) is 10.6. The highest BCUT2D eigenvalue weighted by molar-refractivity contribution is 5.81. The van der Waals surface area contributed by atoms with Crippen LogP contribution < -0.4 is 0 Å². The lowest BCUT2D eigenvalue weighted by Crippen LogP contribution is -2.31. The third-order valence-electron chi connectivity index (χ3n) is 3.29. The molecule has 0 aromatic rings. The van der Waals surface area contributed by atoms with Gasteiger partial charge >= 0.3 is 0 Å². The second kappa shape index (κ2) is 4.64. The van der Waals surface area contributed by atoms with E-state index in [4.69, 9.17) is 5.41 Å². The molecule has 0 spiro atoms. The molecule has 0 radical (unpaired) electrons. The van der Waals surface area contributed by atoms with E-state index in [1.165, 1.54) is 32.1 Å². The van der Waals surface area contributed by atoms with Crippen molar-refractivity contribution in [3.8, 4) is 0 Å². The largest absolute Gasteiger partial charge is 0.366 e. The molecular formula is C11H22N2. The Morgan fingerprint density at radius 2 is 1.77 bits per heavy atom. The Balaban J connectivity index is 2.36. The molecule has 2 nitrogen and oxygen atoms in total. The minimum Gasteiger partial charge on any atom is -0.366 e. The maximum absolute atomic E-state index is 7.89. The maximum atomic E-state index is 7.89. The molecule has 1 aliphatic rings. The topological polar surface area (TPSA) is 27.1 Å². The molecule has 1 aliphatic carbocycles. The van der Waals surface area contributed by atoms with Crippen LogP contribution in [0.1, 0.15) is 39.0 Å². The van der Waals surface area contributed by atoms with Crippen molar-refractivity contribution in [2.45, 2.75) is 39.0 Å². The van der Waals surface area contributed by atoms with Gasteiger partial charge in [0.15, 0.2) is 0 Å². The first-order chi connectivity index (χ1) is 6.15. The highest BCUT2D eigenvalue weighted by atomic mass is 15.1. The van der Waals surface area contributed by atoms with E-state index in [0.29, 0.717) is 5.92 Å². The lowest BCUT2D eigenvalue weighted by molar-refractivity contribution is 0.303. The lowest BCUT2D eigenvalue weighted by Gasteiger charge is -2.30. The Bertz CT molecular complexity index is 167. The fourth-order valence-corrected chi connectivity index (χ4v) is 2.21. The fourth-order valence-electron chi connectivity index (χ4n) is 2.21. The van der Waals surface area contributed by atoms with Crippen LogP contribution in [0.4, 0.5) is 0 Å². The molecule has 0 amide bonds. The molecule has 1 N–H and O–H groups in total. The van der Waals surface area contributed by atoms with Crippen LogP contribution in [0.25, 0.3) is 0 Å². The van der Waals surface area contributed by atoms with E-state index in [1.807, 2.05) is 19.0 Å². The quantitative estimate of drug-likeness (QED) is 0.516. The van der Waals surface area contributed by atoms with Crippen LogP contribution in [-0.2, 0) is 0 Å². The number of hydrogen-bond acceptors (Lipinski definition) is 1. The number of rotatable bonds is 2. The van der Waals surface area contributed by atoms with Gasteiger partial charge in [-0.05, 0) is 31.6 Å². The molecule has 1 fully saturated rings. The van der Waals surface area contributed by atoms with Crippen molar-refractivity contribution in [1.82, 2.24) is 4.90 Å². The van der Waals surface area contributed by atoms with Gasteiger partial charge < -0.3 is 4.90 Å². The van der Waals surface area contributed by atoms with Gasteiger partial charge in [-0.25, -0.2) is 0 Å². The SMILES string of the molecule is CCC1CCC(C(=N)N(C)C)CC1. The van der Waals surface area contributed by atoms with Gasteiger partial charge in [0.1, 0.15) is 0 Å². The summed E-state index contributed by atoms with van der Waals surface area (Å²) in [7, 11) is 3.96. The number of nitrogens with one attached hydrogen (secondary N) is 1. The predicted octanol–water partition coefficient (Wildman–Crippen LogP) is 2.74. The maximum Gasteiger partial charge on any atom is 0.0984 e. The monoisotopic (exact) mass is 182 g/mol. The average molecular weight is 182 g/mol. The third kappa shape index (κ3) is 2.71.